The molecule has 33 heavy (non-hydrogen) atoms. The van der Waals surface area contributed by atoms with E-state index in [0.29, 0.717) is 47.1 Å². The number of amides is 2. The van der Waals surface area contributed by atoms with Crippen molar-refractivity contribution in [1.29, 1.82) is 0 Å². The molecule has 0 saturated carbocycles. The van der Waals surface area contributed by atoms with Gasteiger partial charge in [0.25, 0.3) is 0 Å². The highest BCUT2D eigenvalue weighted by molar-refractivity contribution is 6.01. The Morgan fingerprint density at radius 2 is 1.97 bits per heavy atom. The van der Waals surface area contributed by atoms with Crippen LogP contribution in [0.2, 0.25) is 0 Å². The smallest absolute Gasteiger partial charge is 0.234 e. The minimum absolute atomic E-state index is 0.250. The molecule has 2 N–H and O–H groups in total. The Balaban J connectivity index is 1.84. The molecular formula is C26H34FN3O3. The lowest BCUT2D eigenvalue weighted by atomic mass is 9.61. The molecule has 3 heterocycles. The van der Waals surface area contributed by atoms with Gasteiger partial charge >= 0.3 is 0 Å². The van der Waals surface area contributed by atoms with Crippen molar-refractivity contribution >= 4 is 22.7 Å². The Kier molecular flexibility index (Phi) is 6.31. The molecule has 2 saturated heterocycles. The Hall–Kier alpha value is -2.38. The van der Waals surface area contributed by atoms with Gasteiger partial charge in [-0.05, 0) is 56.8 Å². The number of carbonyl (C=O) groups excluding carboxylic acids is 2. The molecule has 2 aliphatic rings. The van der Waals surface area contributed by atoms with Crippen LogP contribution in [0.25, 0.3) is 10.9 Å². The number of piperidine rings is 2. The van der Waals surface area contributed by atoms with E-state index in [0.717, 1.165) is 25.9 Å². The van der Waals surface area contributed by atoms with Crippen molar-refractivity contribution in [2.24, 2.45) is 5.41 Å². The van der Waals surface area contributed by atoms with Gasteiger partial charge in [-0.3, -0.25) is 19.9 Å². The number of nitrogens with one attached hydrogen (secondary N) is 1. The van der Waals surface area contributed by atoms with Crippen LogP contribution in [0.1, 0.15) is 75.6 Å². The van der Waals surface area contributed by atoms with E-state index >= 15 is 4.39 Å². The molecule has 2 aliphatic heterocycles. The van der Waals surface area contributed by atoms with E-state index in [2.05, 4.69) is 36.0 Å². The summed E-state index contributed by atoms with van der Waals surface area (Å²) in [5, 5.41) is 14.8. The monoisotopic (exact) mass is 455 g/mol. The summed E-state index contributed by atoms with van der Waals surface area (Å²) in [4.78, 5) is 31.0. The van der Waals surface area contributed by atoms with Crippen LogP contribution in [-0.4, -0.2) is 46.4 Å². The Morgan fingerprint density at radius 1 is 1.24 bits per heavy atom. The lowest BCUT2D eigenvalue weighted by Gasteiger charge is -2.53. The molecule has 6 nitrogen and oxygen atoms in total. The third-order valence-corrected chi connectivity index (χ3v) is 8.22. The van der Waals surface area contributed by atoms with Crippen LogP contribution >= 0.6 is 0 Å². The third-order valence-electron chi connectivity index (χ3n) is 8.22. The molecule has 1 unspecified atom stereocenters. The molecule has 0 spiro atoms. The highest BCUT2D eigenvalue weighted by Gasteiger charge is 2.53. The summed E-state index contributed by atoms with van der Waals surface area (Å²) in [7, 11) is 0. The Labute approximate surface area is 194 Å². The molecule has 7 heteroatoms. The zero-order valence-corrected chi connectivity index (χ0v) is 20.0. The summed E-state index contributed by atoms with van der Waals surface area (Å²) in [5.74, 6) is -1.66. The largest absolute Gasteiger partial charge is 0.384 e. The van der Waals surface area contributed by atoms with E-state index in [9.17, 15) is 14.7 Å². The fraction of sp³-hybridized carbons (Fsp3) is 0.577. The average molecular weight is 456 g/mol. The number of benzene rings is 1. The first-order chi connectivity index (χ1) is 15.7. The predicted molar refractivity (Wildman–Crippen MR) is 125 cm³/mol. The predicted octanol–water partition coefficient (Wildman–Crippen LogP) is 3.92. The third kappa shape index (κ3) is 3.75. The van der Waals surface area contributed by atoms with E-state index in [-0.39, 0.29) is 18.2 Å². The lowest BCUT2D eigenvalue weighted by molar-refractivity contribution is -0.148. The van der Waals surface area contributed by atoms with E-state index in [1.807, 2.05) is 0 Å². The van der Waals surface area contributed by atoms with Gasteiger partial charge in [0.1, 0.15) is 11.4 Å². The van der Waals surface area contributed by atoms with Gasteiger partial charge in [-0.15, -0.1) is 0 Å². The van der Waals surface area contributed by atoms with Crippen molar-refractivity contribution < 1.29 is 19.1 Å². The van der Waals surface area contributed by atoms with Crippen LogP contribution < -0.4 is 5.32 Å². The van der Waals surface area contributed by atoms with Gasteiger partial charge in [0, 0.05) is 41.6 Å². The number of hydrogen-bond donors (Lipinski definition) is 2. The van der Waals surface area contributed by atoms with Gasteiger partial charge in [0.05, 0.1) is 11.4 Å². The molecule has 178 valence electrons. The molecule has 1 aromatic heterocycles. The van der Waals surface area contributed by atoms with Crippen molar-refractivity contribution in [2.75, 3.05) is 19.6 Å². The minimum atomic E-state index is -1.29. The molecule has 0 bridgehead atoms. The number of nitrogens with zero attached hydrogens (tertiary/aromatic N) is 2. The molecule has 4 rings (SSSR count). The number of rotatable bonds is 5. The van der Waals surface area contributed by atoms with Gasteiger partial charge in [0.2, 0.25) is 11.8 Å². The molecule has 0 aliphatic carbocycles. The first-order valence-corrected chi connectivity index (χ1v) is 12.1. The molecule has 2 amide bonds. The van der Waals surface area contributed by atoms with Crippen molar-refractivity contribution in [1.82, 2.24) is 15.2 Å². The zero-order valence-electron chi connectivity index (χ0n) is 20.0. The first kappa shape index (κ1) is 23.8. The second-order valence-corrected chi connectivity index (χ2v) is 9.63. The van der Waals surface area contributed by atoms with Gasteiger partial charge in [0.15, 0.2) is 0 Å². The van der Waals surface area contributed by atoms with E-state index in [1.54, 1.807) is 25.1 Å². The number of pyridine rings is 1. The number of imide groups is 1. The maximum Gasteiger partial charge on any atom is 0.234 e. The number of halogens is 1. The fourth-order valence-corrected chi connectivity index (χ4v) is 5.96. The highest BCUT2D eigenvalue weighted by atomic mass is 19.1. The average Bonchev–Trinajstić information content (AvgIpc) is 2.80. The summed E-state index contributed by atoms with van der Waals surface area (Å²) in [6.45, 7) is 10.4. The summed E-state index contributed by atoms with van der Waals surface area (Å²) < 4.78 is 16.2. The normalized spacial score (nSPS) is 25.9. The van der Waals surface area contributed by atoms with Crippen LogP contribution in [0.3, 0.4) is 0 Å². The number of aliphatic hydroxyl groups is 1. The SMILES string of the molecule is CCN1CC[C@](O)(c2ccc3nc(C)c(C4CCC(=O)NC4=O)cc3c2F)C(CC)(CC)C1. The maximum atomic E-state index is 16.2. The standard InChI is InChI=1S/C26H34FN3O3/c1-5-25(6-2)15-30(7-3)13-12-26(25,33)20-9-10-21-19(23(20)27)14-18(16(4)28-21)17-8-11-22(31)29-24(17)32/h9-10,14,17,33H,5-8,11-13,15H2,1-4H3,(H,29,31,32)/t17?,26-/m0/s1. The van der Waals surface area contributed by atoms with E-state index in [4.69, 9.17) is 0 Å². The summed E-state index contributed by atoms with van der Waals surface area (Å²) in [6, 6.07) is 5.16. The quantitative estimate of drug-likeness (QED) is 0.668. The molecule has 1 aromatic carbocycles. The lowest BCUT2D eigenvalue weighted by Crippen LogP contribution is -2.58. The van der Waals surface area contributed by atoms with E-state index in [1.165, 1.54) is 0 Å². The maximum absolute atomic E-state index is 16.2. The number of hydrogen-bond acceptors (Lipinski definition) is 5. The number of aromatic nitrogens is 1. The number of carbonyl (C=O) groups is 2. The van der Waals surface area contributed by atoms with Crippen molar-refractivity contribution in [3.8, 4) is 0 Å². The number of aryl methyl sites for hydroxylation is 1. The van der Waals surface area contributed by atoms with Crippen molar-refractivity contribution in [2.45, 2.75) is 71.3 Å². The summed E-state index contributed by atoms with van der Waals surface area (Å²) in [5.41, 5.74) is 0.344. The second kappa shape index (κ2) is 8.76. The fourth-order valence-electron chi connectivity index (χ4n) is 5.96. The summed E-state index contributed by atoms with van der Waals surface area (Å²) in [6.07, 6.45) is 2.57. The van der Waals surface area contributed by atoms with Gasteiger partial charge in [-0.25, -0.2) is 4.39 Å². The van der Waals surface area contributed by atoms with Crippen LogP contribution in [0, 0.1) is 18.2 Å². The van der Waals surface area contributed by atoms with Gasteiger partial charge < -0.3 is 10.0 Å². The topological polar surface area (TPSA) is 82.5 Å². The van der Waals surface area contributed by atoms with Crippen LogP contribution in [0.5, 0.6) is 0 Å². The van der Waals surface area contributed by atoms with Gasteiger partial charge in [-0.1, -0.05) is 26.8 Å². The van der Waals surface area contributed by atoms with Crippen molar-refractivity contribution in [3.05, 3.63) is 40.8 Å². The molecule has 0 radical (unpaired) electrons. The van der Waals surface area contributed by atoms with Gasteiger partial charge in [-0.2, -0.15) is 0 Å². The van der Waals surface area contributed by atoms with Crippen LogP contribution in [-0.2, 0) is 15.2 Å². The Bertz CT molecular complexity index is 1100. The summed E-state index contributed by atoms with van der Waals surface area (Å²) >= 11 is 0. The number of likely N-dealkylation sites (tertiary alicyclic amines) is 1. The number of fused-ring (bicyclic) bond motifs is 1. The van der Waals surface area contributed by atoms with Crippen molar-refractivity contribution in [3.63, 3.8) is 0 Å². The Morgan fingerprint density at radius 3 is 2.61 bits per heavy atom. The molecule has 2 atom stereocenters. The second-order valence-electron chi connectivity index (χ2n) is 9.63. The minimum Gasteiger partial charge on any atom is -0.384 e. The molecular weight excluding hydrogens is 421 g/mol. The zero-order chi connectivity index (χ0) is 24.0. The highest BCUT2D eigenvalue weighted by Crippen LogP contribution is 2.52. The first-order valence-electron chi connectivity index (χ1n) is 12.1. The van der Waals surface area contributed by atoms with Crippen LogP contribution in [0.15, 0.2) is 18.2 Å². The molecule has 2 fully saturated rings. The van der Waals surface area contributed by atoms with E-state index < -0.39 is 22.8 Å². The molecule has 2 aromatic rings. The van der Waals surface area contributed by atoms with Crippen LogP contribution in [0.4, 0.5) is 4.39 Å².